The van der Waals surface area contributed by atoms with Crippen LogP contribution >= 0.6 is 11.8 Å². The van der Waals surface area contributed by atoms with Gasteiger partial charge in [-0.05, 0) is 56.3 Å². The van der Waals surface area contributed by atoms with Gasteiger partial charge in [-0.2, -0.15) is 5.88 Å². The number of benzene rings is 2. The Morgan fingerprint density at radius 2 is 1.64 bits per heavy atom. The monoisotopic (exact) mass is 482 g/mol. The van der Waals surface area contributed by atoms with Crippen molar-refractivity contribution in [2.24, 2.45) is 0 Å². The minimum absolute atomic E-state index is 0.234. The number of rotatable bonds is 4. The Morgan fingerprint density at radius 3 is 2.14 bits per heavy atom. The molecule has 0 aliphatic carbocycles. The topological polar surface area (TPSA) is 12.5 Å². The first-order chi connectivity index (χ1) is 13.2. The second-order valence-corrected chi connectivity index (χ2v) is 8.85. The van der Waals surface area contributed by atoms with Crippen molar-refractivity contribution in [2.75, 3.05) is 4.90 Å². The Morgan fingerprint density at radius 1 is 1.04 bits per heavy atom. The van der Waals surface area contributed by atoms with Crippen LogP contribution in [0.25, 0.3) is 0 Å². The fourth-order valence-electron chi connectivity index (χ4n) is 3.16. The summed E-state index contributed by atoms with van der Waals surface area (Å²) in [6, 6.07) is 12.5. The van der Waals surface area contributed by atoms with Gasteiger partial charge in [0, 0.05) is 5.69 Å². The van der Waals surface area contributed by atoms with Crippen LogP contribution in [0.2, 0.25) is 0 Å². The fourth-order valence-corrected chi connectivity index (χ4v) is 4.38. The van der Waals surface area contributed by atoms with E-state index in [1.54, 1.807) is 0 Å². The van der Waals surface area contributed by atoms with Gasteiger partial charge in [-0.1, -0.05) is 17.7 Å². The van der Waals surface area contributed by atoms with Crippen LogP contribution in [-0.2, 0) is 17.9 Å². The summed E-state index contributed by atoms with van der Waals surface area (Å²) in [6.45, 7) is 14.9. The van der Waals surface area contributed by atoms with Gasteiger partial charge in [0.1, 0.15) is 0 Å². The Bertz CT molecular complexity index is 850. The zero-order chi connectivity index (χ0) is 20.8. The molecule has 0 N–H and O–H groups in total. The normalized spacial score (nSPS) is 13.5. The third-order valence-corrected chi connectivity index (χ3v) is 5.98. The molecular weight excluding hydrogens is 451 g/mol. The molecule has 2 nitrogen and oxygen atoms in total. The van der Waals surface area contributed by atoms with Crippen molar-refractivity contribution in [1.82, 2.24) is 0 Å². The summed E-state index contributed by atoms with van der Waals surface area (Å²) in [6.07, 6.45) is 0.234. The van der Waals surface area contributed by atoms with E-state index in [0.29, 0.717) is 0 Å². The summed E-state index contributed by atoms with van der Waals surface area (Å²) < 4.78 is 7.58. The first kappa shape index (κ1) is 22.9. The van der Waals surface area contributed by atoms with Gasteiger partial charge in [0.05, 0.1) is 0 Å². The van der Waals surface area contributed by atoms with Crippen molar-refractivity contribution in [2.45, 2.75) is 54.6 Å². The van der Waals surface area contributed by atoms with Crippen molar-refractivity contribution >= 4 is 22.1 Å². The van der Waals surface area contributed by atoms with Crippen LogP contribution in [0.5, 0.6) is 5.75 Å². The zero-order valence-electron chi connectivity index (χ0n) is 17.8. The maximum absolute atomic E-state index is 5.59. The molecule has 2 aromatic carbocycles. The van der Waals surface area contributed by atoms with Crippen LogP contribution in [0.4, 0.5) is 5.69 Å². The average Bonchev–Trinajstić information content (AvgIpc) is 2.94. The van der Waals surface area contributed by atoms with Crippen LogP contribution in [0.15, 0.2) is 47.0 Å². The van der Waals surface area contributed by atoms with Crippen LogP contribution in [-0.4, -0.2) is 10.7 Å². The fraction of sp³-hybridized carbons (Fsp3) is 0.333. The van der Waals surface area contributed by atoms with E-state index >= 15 is 0 Å². The molecule has 1 heterocycles. The number of aryl methyl sites for hydroxylation is 3. The van der Waals surface area contributed by atoms with Crippen LogP contribution in [0.1, 0.15) is 49.9 Å². The molecule has 2 aromatic rings. The van der Waals surface area contributed by atoms with E-state index in [1.165, 1.54) is 33.0 Å². The Labute approximate surface area is 184 Å². The van der Waals surface area contributed by atoms with Gasteiger partial charge < -0.3 is 4.90 Å². The molecule has 0 unspecified atom stereocenters. The van der Waals surface area contributed by atoms with Crippen LogP contribution in [0.3, 0.4) is 0 Å². The molecule has 0 atom stereocenters. The minimum Gasteiger partial charge on any atom is -0.487 e. The zero-order valence-corrected chi connectivity index (χ0v) is 20.4. The van der Waals surface area contributed by atoms with Gasteiger partial charge in [-0.15, -0.1) is 0 Å². The average molecular weight is 482 g/mol. The first-order valence-corrected chi connectivity index (χ1v) is 11.3. The molecule has 0 aromatic heterocycles. The molecule has 4 heteroatoms. The molecular formula is C24H30NORuS. The van der Waals surface area contributed by atoms with E-state index in [0.717, 1.165) is 11.3 Å². The number of para-hydroxylation sites is 1. The number of anilines is 1. The van der Waals surface area contributed by atoms with Gasteiger partial charge >= 0.3 is 82.7 Å². The molecule has 0 spiro atoms. The number of nitrogens with zero attached hydrogens (tertiary/aromatic N) is 1. The second-order valence-electron chi connectivity index (χ2n) is 7.29. The number of thioether (sulfide) groups is 1. The summed E-state index contributed by atoms with van der Waals surface area (Å²) in [5, 5.41) is 0. The van der Waals surface area contributed by atoms with Crippen molar-refractivity contribution < 1.29 is 22.6 Å². The largest absolute Gasteiger partial charge is 0.487 e. The maximum Gasteiger partial charge on any atom is 0.0178 e. The first-order valence-electron chi connectivity index (χ1n) is 9.46. The Balaban J connectivity index is 0.000000209. The molecule has 0 bridgehead atoms. The van der Waals surface area contributed by atoms with E-state index in [2.05, 4.69) is 75.4 Å². The van der Waals surface area contributed by atoms with Crippen molar-refractivity contribution in [1.29, 1.82) is 0 Å². The maximum atomic E-state index is 5.59. The van der Waals surface area contributed by atoms with E-state index in [4.69, 9.17) is 4.74 Å². The Hall–Kier alpha value is -1.38. The van der Waals surface area contributed by atoms with Gasteiger partial charge in [0.2, 0.25) is 0 Å². The molecule has 0 fully saturated rings. The molecule has 151 valence electrons. The molecule has 1 aliphatic rings. The van der Waals surface area contributed by atoms with E-state index in [9.17, 15) is 0 Å². The van der Waals surface area contributed by atoms with Crippen molar-refractivity contribution in [3.8, 4) is 5.75 Å². The minimum atomic E-state index is 0.234. The Kier molecular flexibility index (Phi) is 8.52. The van der Waals surface area contributed by atoms with E-state index in [1.807, 2.05) is 54.5 Å². The number of ether oxygens (including phenoxy) is 1. The summed E-state index contributed by atoms with van der Waals surface area (Å²) in [7, 11) is 0. The summed E-state index contributed by atoms with van der Waals surface area (Å²) >= 11 is 4.30. The summed E-state index contributed by atoms with van der Waals surface area (Å²) in [4.78, 5) is 3.70. The molecule has 0 amide bonds. The van der Waals surface area contributed by atoms with E-state index in [-0.39, 0.29) is 6.10 Å². The third kappa shape index (κ3) is 5.81. The van der Waals surface area contributed by atoms with Crippen LogP contribution < -0.4 is 9.64 Å². The quantitative estimate of drug-likeness (QED) is 0.356. The standard InChI is InChI=1S/C14H18NS.C10H12O.Ru/c1-9-6-10(2)14(11(3)7-9)15-8-16-13(5)12(15)4;1-8(2)11-10-7-5-4-6-9(10)3;/h6-8H,1-5H3;3-8H,1-2H3;/q-1;;+1. The molecule has 0 saturated heterocycles. The third-order valence-electron chi connectivity index (χ3n) is 4.47. The van der Waals surface area contributed by atoms with E-state index < -0.39 is 0 Å². The molecule has 28 heavy (non-hydrogen) atoms. The molecule has 3 rings (SSSR count). The summed E-state index contributed by atoms with van der Waals surface area (Å²) in [5.74, 6) is 3.15. The number of allylic oxidation sites excluding steroid dienone is 2. The van der Waals surface area contributed by atoms with Crippen LogP contribution in [0, 0.1) is 26.6 Å². The predicted octanol–water partition coefficient (Wildman–Crippen LogP) is 6.71. The van der Waals surface area contributed by atoms with Gasteiger partial charge in [0.25, 0.3) is 0 Å². The smallest absolute Gasteiger partial charge is 0.0178 e. The molecule has 0 saturated carbocycles. The SMILES string of the molecule is CC(C)Oc1ccccc1[CH]=[Ru+].CC1=C(C)N(c2c(C)cc(C)cc2C)[CH-]S1. The number of hydrogen-bond acceptors (Lipinski definition) is 3. The predicted molar refractivity (Wildman–Crippen MR) is 121 cm³/mol. The van der Waals surface area contributed by atoms with Crippen molar-refractivity contribution in [3.05, 3.63) is 75.1 Å². The van der Waals surface area contributed by atoms with Gasteiger partial charge in [0.15, 0.2) is 0 Å². The second kappa shape index (κ2) is 10.4. The molecule has 0 radical (unpaired) electrons. The van der Waals surface area contributed by atoms with Gasteiger partial charge in [-0.3, -0.25) is 11.8 Å². The van der Waals surface area contributed by atoms with Gasteiger partial charge in [-0.25, -0.2) is 0 Å². The number of hydrogen-bond donors (Lipinski definition) is 0. The summed E-state index contributed by atoms with van der Waals surface area (Å²) in [5.41, 5.74) is 7.85. The van der Waals surface area contributed by atoms with Crippen molar-refractivity contribution in [3.63, 3.8) is 0 Å². The molecule has 1 aliphatic heterocycles.